The summed E-state index contributed by atoms with van der Waals surface area (Å²) in [7, 11) is 0. The van der Waals surface area contributed by atoms with E-state index in [9.17, 15) is 9.90 Å². The molecule has 1 aliphatic rings. The molecule has 0 saturated carbocycles. The van der Waals surface area contributed by atoms with E-state index >= 15 is 0 Å². The molecule has 0 aromatic heterocycles. The number of phenolic OH excluding ortho intramolecular Hbond substituents is 1. The van der Waals surface area contributed by atoms with Gasteiger partial charge in [-0.2, -0.15) is 0 Å². The van der Waals surface area contributed by atoms with E-state index in [0.717, 1.165) is 31.4 Å². The summed E-state index contributed by atoms with van der Waals surface area (Å²) in [6, 6.07) is 6.91. The molecule has 2 rings (SSSR count). The third kappa shape index (κ3) is 2.89. The number of amides is 1. The summed E-state index contributed by atoms with van der Waals surface area (Å²) >= 11 is 0. The number of aromatic hydroxyl groups is 1. The predicted octanol–water partition coefficient (Wildman–Crippen LogP) is 2.10. The number of hydrogen-bond acceptors (Lipinski definition) is 3. The van der Waals surface area contributed by atoms with Crippen LogP contribution in [0.15, 0.2) is 24.3 Å². The Labute approximate surface area is 114 Å². The Hall–Kier alpha value is -1.55. The van der Waals surface area contributed by atoms with Gasteiger partial charge >= 0.3 is 0 Å². The summed E-state index contributed by atoms with van der Waals surface area (Å²) in [5.41, 5.74) is 0.503. The zero-order chi connectivity index (χ0) is 13.9. The summed E-state index contributed by atoms with van der Waals surface area (Å²) in [5.74, 6) is 0.283. The molecule has 1 heterocycles. The Morgan fingerprint density at radius 1 is 1.58 bits per heavy atom. The van der Waals surface area contributed by atoms with Crippen LogP contribution in [-0.4, -0.2) is 23.1 Å². The lowest BCUT2D eigenvalue weighted by molar-refractivity contribution is -0.128. The average molecular weight is 262 g/mol. The van der Waals surface area contributed by atoms with E-state index in [1.807, 2.05) is 19.9 Å². The average Bonchev–Trinajstić information content (AvgIpc) is 2.88. The number of hydrogen-bond donors (Lipinski definition) is 3. The van der Waals surface area contributed by atoms with Gasteiger partial charge in [0.15, 0.2) is 0 Å². The SMILES string of the molecule is CCC1(C(=O)NC(C)c2cccc(O)c2)CCCN1. The van der Waals surface area contributed by atoms with Crippen molar-refractivity contribution in [3.63, 3.8) is 0 Å². The smallest absolute Gasteiger partial charge is 0.240 e. The summed E-state index contributed by atoms with van der Waals surface area (Å²) in [6.45, 7) is 4.88. The van der Waals surface area contributed by atoms with Crippen LogP contribution < -0.4 is 10.6 Å². The van der Waals surface area contributed by atoms with E-state index in [2.05, 4.69) is 10.6 Å². The highest BCUT2D eigenvalue weighted by Gasteiger charge is 2.39. The van der Waals surface area contributed by atoms with Gasteiger partial charge in [-0.3, -0.25) is 4.79 Å². The molecule has 0 spiro atoms. The molecule has 3 N–H and O–H groups in total. The first kappa shape index (κ1) is 13.9. The molecule has 0 bridgehead atoms. The zero-order valence-corrected chi connectivity index (χ0v) is 11.6. The van der Waals surface area contributed by atoms with Crippen molar-refractivity contribution in [2.45, 2.75) is 44.7 Å². The van der Waals surface area contributed by atoms with Gasteiger partial charge in [-0.15, -0.1) is 0 Å². The molecule has 104 valence electrons. The topological polar surface area (TPSA) is 61.4 Å². The van der Waals surface area contributed by atoms with E-state index in [-0.39, 0.29) is 17.7 Å². The second-order valence-electron chi connectivity index (χ2n) is 5.26. The third-order valence-corrected chi connectivity index (χ3v) is 4.00. The fourth-order valence-corrected chi connectivity index (χ4v) is 2.67. The molecule has 4 heteroatoms. The first-order chi connectivity index (χ1) is 9.07. The summed E-state index contributed by atoms with van der Waals surface area (Å²) in [6.07, 6.45) is 2.73. The third-order valence-electron chi connectivity index (χ3n) is 4.00. The zero-order valence-electron chi connectivity index (χ0n) is 11.6. The molecule has 1 aromatic rings. The van der Waals surface area contributed by atoms with Crippen molar-refractivity contribution in [2.75, 3.05) is 6.54 Å². The number of carbonyl (C=O) groups is 1. The molecule has 0 radical (unpaired) electrons. The van der Waals surface area contributed by atoms with Gasteiger partial charge in [0.25, 0.3) is 0 Å². The minimum absolute atomic E-state index is 0.0587. The lowest BCUT2D eigenvalue weighted by atomic mass is 9.92. The maximum Gasteiger partial charge on any atom is 0.240 e. The normalized spacial score (nSPS) is 24.1. The maximum absolute atomic E-state index is 12.4. The van der Waals surface area contributed by atoms with E-state index < -0.39 is 5.54 Å². The van der Waals surface area contributed by atoms with Crippen molar-refractivity contribution in [3.8, 4) is 5.75 Å². The first-order valence-corrected chi connectivity index (χ1v) is 6.92. The van der Waals surface area contributed by atoms with E-state index in [1.165, 1.54) is 0 Å². The van der Waals surface area contributed by atoms with Crippen LogP contribution in [0.3, 0.4) is 0 Å². The van der Waals surface area contributed by atoms with Crippen LogP contribution in [0, 0.1) is 0 Å². The highest BCUT2D eigenvalue weighted by molar-refractivity contribution is 5.87. The Bertz CT molecular complexity index is 453. The molecule has 1 aromatic carbocycles. The number of carbonyl (C=O) groups excluding carboxylic acids is 1. The Balaban J connectivity index is 2.06. The standard InChI is InChI=1S/C15H22N2O2/c1-3-15(8-5-9-16-15)14(19)17-11(2)12-6-4-7-13(18)10-12/h4,6-7,10-11,16,18H,3,5,8-9H2,1-2H3,(H,17,19). The lowest BCUT2D eigenvalue weighted by Gasteiger charge is -2.28. The van der Waals surface area contributed by atoms with Crippen molar-refractivity contribution < 1.29 is 9.90 Å². The molecule has 2 atom stereocenters. The van der Waals surface area contributed by atoms with Gasteiger partial charge in [0.05, 0.1) is 11.6 Å². The minimum atomic E-state index is -0.412. The van der Waals surface area contributed by atoms with Gasteiger partial charge in [-0.25, -0.2) is 0 Å². The fraction of sp³-hybridized carbons (Fsp3) is 0.533. The first-order valence-electron chi connectivity index (χ1n) is 6.92. The van der Waals surface area contributed by atoms with Crippen molar-refractivity contribution in [2.24, 2.45) is 0 Å². The molecule has 2 unspecified atom stereocenters. The van der Waals surface area contributed by atoms with Gasteiger partial charge in [0.2, 0.25) is 5.91 Å². The summed E-state index contributed by atoms with van der Waals surface area (Å²) in [4.78, 5) is 12.4. The molecule has 1 amide bonds. The van der Waals surface area contributed by atoms with E-state index in [0.29, 0.717) is 0 Å². The van der Waals surface area contributed by atoms with Gasteiger partial charge < -0.3 is 15.7 Å². The van der Waals surface area contributed by atoms with Crippen LogP contribution in [-0.2, 0) is 4.79 Å². The van der Waals surface area contributed by atoms with Crippen molar-refractivity contribution in [1.29, 1.82) is 0 Å². The van der Waals surface area contributed by atoms with Gasteiger partial charge in [-0.1, -0.05) is 19.1 Å². The highest BCUT2D eigenvalue weighted by Crippen LogP contribution is 2.25. The monoisotopic (exact) mass is 262 g/mol. The number of benzene rings is 1. The fourth-order valence-electron chi connectivity index (χ4n) is 2.67. The second-order valence-corrected chi connectivity index (χ2v) is 5.26. The predicted molar refractivity (Wildman–Crippen MR) is 74.9 cm³/mol. The van der Waals surface area contributed by atoms with Crippen LogP contribution in [0.5, 0.6) is 5.75 Å². The molecular formula is C15H22N2O2. The Morgan fingerprint density at radius 3 is 2.95 bits per heavy atom. The van der Waals surface area contributed by atoms with Crippen molar-refractivity contribution >= 4 is 5.91 Å². The van der Waals surface area contributed by atoms with Crippen LogP contribution >= 0.6 is 0 Å². The van der Waals surface area contributed by atoms with Crippen LogP contribution in [0.2, 0.25) is 0 Å². The Morgan fingerprint density at radius 2 is 2.37 bits per heavy atom. The van der Waals surface area contributed by atoms with E-state index in [4.69, 9.17) is 0 Å². The number of phenols is 1. The van der Waals surface area contributed by atoms with Gasteiger partial charge in [0, 0.05) is 0 Å². The highest BCUT2D eigenvalue weighted by atomic mass is 16.3. The molecule has 1 aliphatic heterocycles. The molecular weight excluding hydrogens is 240 g/mol. The van der Waals surface area contributed by atoms with Crippen molar-refractivity contribution in [3.05, 3.63) is 29.8 Å². The van der Waals surface area contributed by atoms with Crippen LogP contribution in [0.25, 0.3) is 0 Å². The van der Waals surface area contributed by atoms with E-state index in [1.54, 1.807) is 18.2 Å². The van der Waals surface area contributed by atoms with Crippen LogP contribution in [0.1, 0.15) is 44.7 Å². The number of nitrogens with one attached hydrogen (secondary N) is 2. The molecule has 1 fully saturated rings. The molecule has 1 saturated heterocycles. The van der Waals surface area contributed by atoms with Gasteiger partial charge in [0.1, 0.15) is 5.75 Å². The summed E-state index contributed by atoms with van der Waals surface area (Å²) in [5, 5.41) is 15.9. The number of rotatable bonds is 4. The largest absolute Gasteiger partial charge is 0.508 e. The summed E-state index contributed by atoms with van der Waals surface area (Å²) < 4.78 is 0. The molecule has 4 nitrogen and oxygen atoms in total. The second kappa shape index (κ2) is 5.61. The Kier molecular flexibility index (Phi) is 4.10. The minimum Gasteiger partial charge on any atom is -0.508 e. The van der Waals surface area contributed by atoms with Crippen molar-refractivity contribution in [1.82, 2.24) is 10.6 Å². The maximum atomic E-state index is 12.4. The quantitative estimate of drug-likeness (QED) is 0.778. The lowest BCUT2D eigenvalue weighted by Crippen LogP contribution is -2.53. The van der Waals surface area contributed by atoms with Crippen LogP contribution in [0.4, 0.5) is 0 Å². The van der Waals surface area contributed by atoms with Gasteiger partial charge in [-0.05, 0) is 50.4 Å². The molecule has 19 heavy (non-hydrogen) atoms. The molecule has 0 aliphatic carbocycles.